The van der Waals surface area contributed by atoms with E-state index in [0.717, 1.165) is 5.84 Å². The fourth-order valence-corrected chi connectivity index (χ4v) is 0.430. The maximum atomic E-state index is 10.3. The average Bonchev–Trinajstić information content (AvgIpc) is 1.77. The van der Waals surface area contributed by atoms with E-state index in [1.165, 1.54) is 0 Å². The van der Waals surface area contributed by atoms with Crippen molar-refractivity contribution in [3.8, 4) is 0 Å². The normalized spacial score (nSPS) is 18.6. The smallest absolute Gasteiger partial charge is 0.260 e. The number of hydrazine groups is 1. The van der Waals surface area contributed by atoms with Crippen LogP contribution in [0.4, 0.5) is 0 Å². The standard InChI is InChI=1S/C4H7N3O/c1-3-5-2-4(8)7-6-3/h2H2,1H3,(H,5,6)(H,7,8). The lowest BCUT2D eigenvalue weighted by Crippen LogP contribution is -2.45. The Morgan fingerprint density at radius 3 is 2.75 bits per heavy atom. The van der Waals surface area contributed by atoms with E-state index < -0.39 is 0 Å². The second-order valence-corrected chi connectivity index (χ2v) is 1.57. The van der Waals surface area contributed by atoms with Crippen molar-refractivity contribution in [2.45, 2.75) is 6.92 Å². The maximum absolute atomic E-state index is 10.3. The molecule has 0 spiro atoms. The Morgan fingerprint density at radius 1 is 1.62 bits per heavy atom. The van der Waals surface area contributed by atoms with Crippen LogP contribution in [0.25, 0.3) is 0 Å². The number of amides is 1. The van der Waals surface area contributed by atoms with Gasteiger partial charge < -0.3 is 0 Å². The fraction of sp³-hybridized carbons (Fsp3) is 0.500. The fourth-order valence-electron chi connectivity index (χ4n) is 0.430. The van der Waals surface area contributed by atoms with Gasteiger partial charge in [0.2, 0.25) is 0 Å². The van der Waals surface area contributed by atoms with Gasteiger partial charge in [-0.2, -0.15) is 0 Å². The third-order valence-electron chi connectivity index (χ3n) is 0.843. The van der Waals surface area contributed by atoms with Gasteiger partial charge >= 0.3 is 0 Å². The minimum atomic E-state index is -0.0874. The number of hydrogen-bond donors (Lipinski definition) is 2. The number of rotatable bonds is 0. The molecule has 0 aliphatic carbocycles. The molecule has 4 heteroatoms. The molecule has 0 unspecified atom stereocenters. The van der Waals surface area contributed by atoms with Crippen molar-refractivity contribution in [3.63, 3.8) is 0 Å². The third kappa shape index (κ3) is 0.959. The number of carbonyl (C=O) groups excluding carboxylic acids is 1. The summed E-state index contributed by atoms with van der Waals surface area (Å²) >= 11 is 0. The highest BCUT2D eigenvalue weighted by Gasteiger charge is 2.03. The van der Waals surface area contributed by atoms with Gasteiger partial charge in [0.25, 0.3) is 5.91 Å². The number of amidine groups is 1. The van der Waals surface area contributed by atoms with E-state index in [9.17, 15) is 4.79 Å². The van der Waals surface area contributed by atoms with Gasteiger partial charge in [-0.05, 0) is 6.92 Å². The molecular formula is C4H7N3O. The van der Waals surface area contributed by atoms with Crippen molar-refractivity contribution in [3.05, 3.63) is 0 Å². The summed E-state index contributed by atoms with van der Waals surface area (Å²) in [6.45, 7) is 2.04. The lowest BCUT2D eigenvalue weighted by molar-refractivity contribution is -0.120. The second-order valence-electron chi connectivity index (χ2n) is 1.57. The largest absolute Gasteiger partial charge is 0.286 e. The van der Waals surface area contributed by atoms with Crippen LogP contribution in [0.1, 0.15) is 6.92 Å². The summed E-state index contributed by atoms with van der Waals surface area (Å²) in [5.74, 6) is 0.667. The maximum Gasteiger partial charge on any atom is 0.260 e. The summed E-state index contributed by atoms with van der Waals surface area (Å²) in [6, 6.07) is 0. The van der Waals surface area contributed by atoms with Crippen LogP contribution in [0.15, 0.2) is 4.99 Å². The molecule has 1 rings (SSSR count). The van der Waals surface area contributed by atoms with Crippen LogP contribution in [-0.2, 0) is 4.79 Å². The molecule has 0 aromatic carbocycles. The number of nitrogens with zero attached hydrogens (tertiary/aromatic N) is 1. The highest BCUT2D eigenvalue weighted by Crippen LogP contribution is 1.77. The van der Waals surface area contributed by atoms with Crippen LogP contribution in [0.5, 0.6) is 0 Å². The first kappa shape index (κ1) is 5.08. The molecule has 0 radical (unpaired) electrons. The topological polar surface area (TPSA) is 53.5 Å². The van der Waals surface area contributed by atoms with Crippen molar-refractivity contribution in [1.82, 2.24) is 10.9 Å². The first-order chi connectivity index (χ1) is 3.79. The minimum Gasteiger partial charge on any atom is -0.286 e. The van der Waals surface area contributed by atoms with E-state index in [4.69, 9.17) is 0 Å². The summed E-state index contributed by atoms with van der Waals surface area (Å²) in [5, 5.41) is 0. The molecule has 2 N–H and O–H groups in total. The Balaban J connectivity index is 2.55. The highest BCUT2D eigenvalue weighted by atomic mass is 16.2. The molecule has 0 aromatic heterocycles. The predicted molar refractivity (Wildman–Crippen MR) is 29.3 cm³/mol. The monoisotopic (exact) mass is 113 g/mol. The van der Waals surface area contributed by atoms with Crippen molar-refractivity contribution in [2.75, 3.05) is 6.54 Å². The van der Waals surface area contributed by atoms with E-state index in [1.54, 1.807) is 6.92 Å². The average molecular weight is 113 g/mol. The number of aliphatic imine (C=N–C) groups is 1. The van der Waals surface area contributed by atoms with Gasteiger partial charge in [-0.3, -0.25) is 20.6 Å². The molecule has 4 nitrogen and oxygen atoms in total. The van der Waals surface area contributed by atoms with Gasteiger partial charge in [0.15, 0.2) is 0 Å². The van der Waals surface area contributed by atoms with Crippen LogP contribution >= 0.6 is 0 Å². The molecule has 1 aliphatic heterocycles. The molecule has 0 bridgehead atoms. The molecule has 44 valence electrons. The SMILES string of the molecule is CC1=NCC(=O)NN1. The van der Waals surface area contributed by atoms with Gasteiger partial charge in [-0.15, -0.1) is 0 Å². The zero-order valence-electron chi connectivity index (χ0n) is 4.56. The van der Waals surface area contributed by atoms with Crippen molar-refractivity contribution >= 4 is 11.7 Å². The first-order valence-electron chi connectivity index (χ1n) is 2.35. The summed E-state index contributed by atoms with van der Waals surface area (Å²) < 4.78 is 0. The Kier molecular flexibility index (Phi) is 1.15. The van der Waals surface area contributed by atoms with Crippen LogP contribution in [0.2, 0.25) is 0 Å². The molecule has 1 aliphatic rings. The van der Waals surface area contributed by atoms with E-state index in [1.807, 2.05) is 0 Å². The van der Waals surface area contributed by atoms with Crippen molar-refractivity contribution < 1.29 is 4.79 Å². The lowest BCUT2D eigenvalue weighted by atomic mass is 10.5. The first-order valence-corrected chi connectivity index (χ1v) is 2.35. The number of nitrogens with one attached hydrogen (secondary N) is 2. The molecule has 0 atom stereocenters. The zero-order chi connectivity index (χ0) is 5.98. The van der Waals surface area contributed by atoms with Crippen LogP contribution < -0.4 is 10.9 Å². The van der Waals surface area contributed by atoms with E-state index in [2.05, 4.69) is 15.8 Å². The number of carbonyl (C=O) groups is 1. The zero-order valence-corrected chi connectivity index (χ0v) is 4.56. The predicted octanol–water partition coefficient (Wildman–Crippen LogP) is -0.961. The van der Waals surface area contributed by atoms with E-state index >= 15 is 0 Å². The molecular weight excluding hydrogens is 106 g/mol. The Morgan fingerprint density at radius 2 is 2.38 bits per heavy atom. The highest BCUT2D eigenvalue weighted by molar-refractivity contribution is 5.89. The molecule has 0 aromatic rings. The molecule has 1 heterocycles. The molecule has 0 saturated heterocycles. The third-order valence-corrected chi connectivity index (χ3v) is 0.843. The molecule has 0 fully saturated rings. The summed E-state index contributed by atoms with van der Waals surface area (Å²) in [7, 11) is 0. The second kappa shape index (κ2) is 1.81. The van der Waals surface area contributed by atoms with Gasteiger partial charge in [-0.1, -0.05) is 0 Å². The quantitative estimate of drug-likeness (QED) is 0.425. The molecule has 0 saturated carbocycles. The Labute approximate surface area is 47.0 Å². The van der Waals surface area contributed by atoms with E-state index in [0.29, 0.717) is 0 Å². The van der Waals surface area contributed by atoms with E-state index in [-0.39, 0.29) is 12.5 Å². The van der Waals surface area contributed by atoms with Gasteiger partial charge in [0.1, 0.15) is 12.4 Å². The molecule has 1 amide bonds. The van der Waals surface area contributed by atoms with Crippen molar-refractivity contribution in [2.24, 2.45) is 4.99 Å². The molecule has 8 heavy (non-hydrogen) atoms. The van der Waals surface area contributed by atoms with Gasteiger partial charge in [0, 0.05) is 0 Å². The summed E-state index contributed by atoms with van der Waals surface area (Å²) in [4.78, 5) is 14.1. The Hall–Kier alpha value is -1.06. The van der Waals surface area contributed by atoms with Crippen LogP contribution in [0.3, 0.4) is 0 Å². The lowest BCUT2D eigenvalue weighted by Gasteiger charge is -2.10. The van der Waals surface area contributed by atoms with Gasteiger partial charge in [-0.25, -0.2) is 0 Å². The van der Waals surface area contributed by atoms with Crippen molar-refractivity contribution in [1.29, 1.82) is 0 Å². The number of hydrogen-bond acceptors (Lipinski definition) is 3. The Bertz CT molecular complexity index is 140. The van der Waals surface area contributed by atoms with Crippen LogP contribution in [-0.4, -0.2) is 18.3 Å². The van der Waals surface area contributed by atoms with Gasteiger partial charge in [0.05, 0.1) is 0 Å². The summed E-state index contributed by atoms with van der Waals surface area (Å²) in [5.41, 5.74) is 4.99. The van der Waals surface area contributed by atoms with Crippen LogP contribution in [0, 0.1) is 0 Å². The minimum absolute atomic E-state index is 0.0874. The summed E-state index contributed by atoms with van der Waals surface area (Å²) in [6.07, 6.45) is 0.